The number of carbonyl (C=O) groups excluding carboxylic acids is 1. The van der Waals surface area contributed by atoms with Crippen LogP contribution in [0.4, 0.5) is 5.95 Å². The fourth-order valence-electron chi connectivity index (χ4n) is 3.13. The second-order valence-corrected chi connectivity index (χ2v) is 5.68. The molecule has 0 saturated carbocycles. The lowest BCUT2D eigenvalue weighted by atomic mass is 9.94. The Balaban J connectivity index is 2.25. The van der Waals surface area contributed by atoms with Crippen molar-refractivity contribution < 1.29 is 23.7 Å². The van der Waals surface area contributed by atoms with Gasteiger partial charge < -0.3 is 24.3 Å². The molecule has 144 valence electrons. The van der Waals surface area contributed by atoms with Gasteiger partial charge in [-0.2, -0.15) is 10.1 Å². The maximum Gasteiger partial charge on any atom is 0.338 e. The lowest BCUT2D eigenvalue weighted by molar-refractivity contribution is -0.139. The summed E-state index contributed by atoms with van der Waals surface area (Å²) in [5, 5.41) is 7.40. The number of carbonyl (C=O) groups is 1. The zero-order valence-electron chi connectivity index (χ0n) is 15.7. The summed E-state index contributed by atoms with van der Waals surface area (Å²) in [6, 6.07) is 4.86. The van der Waals surface area contributed by atoms with Crippen LogP contribution in [-0.4, -0.2) is 55.3 Å². The number of fused-ring (bicyclic) bond motifs is 1. The molecule has 0 saturated heterocycles. The highest BCUT2D eigenvalue weighted by Crippen LogP contribution is 2.42. The van der Waals surface area contributed by atoms with Gasteiger partial charge >= 0.3 is 5.97 Å². The molecule has 1 atom stereocenters. The van der Waals surface area contributed by atoms with E-state index in [1.54, 1.807) is 39.0 Å². The molecule has 0 radical (unpaired) electrons. The number of hydrogen-bond acceptors (Lipinski definition) is 8. The number of rotatable bonds is 7. The molecule has 2 aromatic rings. The summed E-state index contributed by atoms with van der Waals surface area (Å²) >= 11 is 0. The quantitative estimate of drug-likeness (QED) is 0.733. The monoisotopic (exact) mass is 374 g/mol. The first-order valence-corrected chi connectivity index (χ1v) is 8.42. The Morgan fingerprint density at radius 1 is 1.26 bits per heavy atom. The normalized spacial score (nSPS) is 15.8. The number of nitrogens with zero attached hydrogens (tertiary/aromatic N) is 3. The molecule has 0 aliphatic carbocycles. The Morgan fingerprint density at radius 2 is 2.07 bits per heavy atom. The third-order valence-electron chi connectivity index (χ3n) is 4.19. The van der Waals surface area contributed by atoms with E-state index >= 15 is 0 Å². The maximum atomic E-state index is 12.8. The highest BCUT2D eigenvalue weighted by molar-refractivity contribution is 5.92. The van der Waals surface area contributed by atoms with Crippen molar-refractivity contribution in [2.75, 3.05) is 39.9 Å². The van der Waals surface area contributed by atoms with Crippen LogP contribution in [0.25, 0.3) is 0 Å². The van der Waals surface area contributed by atoms with Crippen LogP contribution >= 0.6 is 0 Å². The van der Waals surface area contributed by atoms with Gasteiger partial charge in [0.05, 0.1) is 38.7 Å². The van der Waals surface area contributed by atoms with Crippen molar-refractivity contribution in [3.63, 3.8) is 0 Å². The second-order valence-electron chi connectivity index (χ2n) is 5.68. The number of para-hydroxylation sites is 1. The number of anilines is 1. The van der Waals surface area contributed by atoms with Gasteiger partial charge in [0.15, 0.2) is 11.5 Å². The molecule has 27 heavy (non-hydrogen) atoms. The van der Waals surface area contributed by atoms with Crippen molar-refractivity contribution >= 4 is 11.9 Å². The van der Waals surface area contributed by atoms with Gasteiger partial charge in [-0.25, -0.2) is 9.48 Å². The molecule has 0 fully saturated rings. The van der Waals surface area contributed by atoms with E-state index in [4.69, 9.17) is 18.9 Å². The lowest BCUT2D eigenvalue weighted by Crippen LogP contribution is -2.32. The van der Waals surface area contributed by atoms with Crippen LogP contribution in [0.3, 0.4) is 0 Å². The number of hydrogen-bond donors (Lipinski definition) is 1. The molecular weight excluding hydrogens is 352 g/mol. The number of nitrogens with one attached hydrogen (secondary N) is 1. The minimum atomic E-state index is -0.613. The third-order valence-corrected chi connectivity index (χ3v) is 4.19. The number of esters is 1. The molecule has 9 heteroatoms. The van der Waals surface area contributed by atoms with E-state index < -0.39 is 12.0 Å². The first kappa shape index (κ1) is 18.7. The van der Waals surface area contributed by atoms with Crippen molar-refractivity contribution in [1.29, 1.82) is 0 Å². The minimum absolute atomic E-state index is 0.184. The average Bonchev–Trinajstić information content (AvgIpc) is 3.14. The van der Waals surface area contributed by atoms with Crippen molar-refractivity contribution in [2.24, 2.45) is 0 Å². The summed E-state index contributed by atoms with van der Waals surface area (Å²) < 4.78 is 23.2. The minimum Gasteiger partial charge on any atom is -0.493 e. The number of ether oxygens (including phenoxy) is 4. The topological polar surface area (TPSA) is 96.7 Å². The highest BCUT2D eigenvalue weighted by Gasteiger charge is 2.37. The van der Waals surface area contributed by atoms with Gasteiger partial charge in [0, 0.05) is 12.7 Å². The van der Waals surface area contributed by atoms with E-state index in [-0.39, 0.29) is 13.2 Å². The largest absolute Gasteiger partial charge is 0.493 e. The molecule has 0 spiro atoms. The molecule has 0 amide bonds. The number of methoxy groups -OCH3 is 3. The zero-order chi connectivity index (χ0) is 19.4. The first-order valence-electron chi connectivity index (χ1n) is 8.42. The molecule has 1 aliphatic rings. The molecule has 1 aliphatic heterocycles. The predicted molar refractivity (Wildman–Crippen MR) is 96.9 cm³/mol. The van der Waals surface area contributed by atoms with Crippen LogP contribution in [0.15, 0.2) is 35.8 Å². The van der Waals surface area contributed by atoms with Crippen molar-refractivity contribution in [3.05, 3.63) is 41.4 Å². The van der Waals surface area contributed by atoms with Crippen molar-refractivity contribution in [3.8, 4) is 11.5 Å². The fraction of sp³-hybridized carbons (Fsp3) is 0.389. The molecule has 9 nitrogen and oxygen atoms in total. The number of aromatic nitrogens is 3. The summed E-state index contributed by atoms with van der Waals surface area (Å²) in [6.07, 6.45) is 1.42. The predicted octanol–water partition coefficient (Wildman–Crippen LogP) is 1.77. The Bertz CT molecular complexity index is 861. The van der Waals surface area contributed by atoms with Crippen LogP contribution in [0, 0.1) is 0 Å². The van der Waals surface area contributed by atoms with Crippen molar-refractivity contribution in [2.45, 2.75) is 13.0 Å². The van der Waals surface area contributed by atoms with E-state index in [1.165, 1.54) is 6.33 Å². The fourth-order valence-corrected chi connectivity index (χ4v) is 3.13. The van der Waals surface area contributed by atoms with Gasteiger partial charge in [-0.15, -0.1) is 0 Å². The smallest absolute Gasteiger partial charge is 0.338 e. The zero-order valence-corrected chi connectivity index (χ0v) is 15.7. The Labute approximate surface area is 156 Å². The molecule has 0 bridgehead atoms. The summed E-state index contributed by atoms with van der Waals surface area (Å²) in [6.45, 7) is 2.19. The van der Waals surface area contributed by atoms with Crippen LogP contribution in [0.2, 0.25) is 0 Å². The highest BCUT2D eigenvalue weighted by atomic mass is 16.5. The number of benzene rings is 1. The maximum absolute atomic E-state index is 12.8. The Morgan fingerprint density at radius 3 is 2.74 bits per heavy atom. The average molecular weight is 374 g/mol. The van der Waals surface area contributed by atoms with E-state index in [0.717, 1.165) is 0 Å². The van der Waals surface area contributed by atoms with Crippen LogP contribution < -0.4 is 14.8 Å². The summed E-state index contributed by atoms with van der Waals surface area (Å²) in [5.41, 5.74) is 1.64. The molecule has 3 rings (SSSR count). The van der Waals surface area contributed by atoms with E-state index in [2.05, 4.69) is 15.4 Å². The summed E-state index contributed by atoms with van der Waals surface area (Å²) in [7, 11) is 4.66. The molecule has 1 aromatic carbocycles. The molecule has 2 heterocycles. The van der Waals surface area contributed by atoms with Crippen molar-refractivity contribution in [1.82, 2.24) is 14.8 Å². The molecule has 1 N–H and O–H groups in total. The van der Waals surface area contributed by atoms with Gasteiger partial charge in [0.2, 0.25) is 5.95 Å². The van der Waals surface area contributed by atoms with Gasteiger partial charge in [-0.3, -0.25) is 0 Å². The van der Waals surface area contributed by atoms with Gasteiger partial charge in [0.1, 0.15) is 12.4 Å². The van der Waals surface area contributed by atoms with Crippen LogP contribution in [-0.2, 0) is 14.3 Å². The summed E-state index contributed by atoms with van der Waals surface area (Å²) in [5.74, 6) is 1.08. The molecule has 1 unspecified atom stereocenters. The standard InChI is InChI=1S/C18H22N4O5/c1-5-27-17(23)14-12(9-24-2)21-18-19-10-20-22(18)15(14)11-7-6-8-13(25-3)16(11)26-4/h6-8,10,15H,5,9H2,1-4H3,(H,19,20,21). The van der Waals surface area contributed by atoms with Gasteiger partial charge in [-0.05, 0) is 13.0 Å². The second kappa shape index (κ2) is 8.09. The van der Waals surface area contributed by atoms with Gasteiger partial charge in [0.25, 0.3) is 0 Å². The van der Waals surface area contributed by atoms with Crippen LogP contribution in [0.5, 0.6) is 11.5 Å². The Hall–Kier alpha value is -3.07. The SMILES string of the molecule is CCOC(=O)C1=C(COC)Nc2ncnn2C1c1cccc(OC)c1OC. The Kier molecular flexibility index (Phi) is 5.60. The first-order chi connectivity index (χ1) is 13.2. The van der Waals surface area contributed by atoms with Gasteiger partial charge in [-0.1, -0.05) is 12.1 Å². The van der Waals surface area contributed by atoms with E-state index in [9.17, 15) is 4.79 Å². The summed E-state index contributed by atoms with van der Waals surface area (Å²) in [4.78, 5) is 17.1. The lowest BCUT2D eigenvalue weighted by Gasteiger charge is -2.30. The van der Waals surface area contributed by atoms with E-state index in [1.807, 2.05) is 12.1 Å². The molecule has 1 aromatic heterocycles. The van der Waals surface area contributed by atoms with Crippen LogP contribution in [0.1, 0.15) is 18.5 Å². The van der Waals surface area contributed by atoms with E-state index in [0.29, 0.717) is 34.3 Å². The third kappa shape index (κ3) is 3.33. The molecular formula is C18H22N4O5.